The second kappa shape index (κ2) is 5.26. The van der Waals surface area contributed by atoms with E-state index in [2.05, 4.69) is 24.2 Å². The van der Waals surface area contributed by atoms with E-state index in [1.807, 2.05) is 18.2 Å². The summed E-state index contributed by atoms with van der Waals surface area (Å²) in [5.74, 6) is 6.65. The molecule has 0 atom stereocenters. The van der Waals surface area contributed by atoms with Gasteiger partial charge in [-0.15, -0.1) is 0 Å². The summed E-state index contributed by atoms with van der Waals surface area (Å²) in [5.41, 5.74) is 4.60. The molecule has 1 aromatic carbocycles. The summed E-state index contributed by atoms with van der Waals surface area (Å²) in [6, 6.07) is 5.83. The molecule has 0 spiro atoms. The first kappa shape index (κ1) is 11.4. The SMILES string of the molecule is C=C(NN)Nc1ccc(OC)cc1CC. The molecule has 0 aliphatic heterocycles. The van der Waals surface area contributed by atoms with Crippen LogP contribution in [-0.2, 0) is 6.42 Å². The molecule has 1 rings (SSSR count). The molecule has 4 nitrogen and oxygen atoms in total. The Balaban J connectivity index is 2.92. The van der Waals surface area contributed by atoms with E-state index in [-0.39, 0.29) is 0 Å². The molecule has 4 N–H and O–H groups in total. The van der Waals surface area contributed by atoms with Gasteiger partial charge in [-0.1, -0.05) is 13.5 Å². The molecule has 15 heavy (non-hydrogen) atoms. The minimum Gasteiger partial charge on any atom is -0.497 e. The number of nitrogens with two attached hydrogens (primary N) is 1. The Bertz CT molecular complexity index is 350. The van der Waals surface area contributed by atoms with Gasteiger partial charge in [0, 0.05) is 5.69 Å². The molecule has 0 saturated heterocycles. The van der Waals surface area contributed by atoms with Gasteiger partial charge in [-0.25, -0.2) is 5.84 Å². The third kappa shape index (κ3) is 2.89. The van der Waals surface area contributed by atoms with Gasteiger partial charge in [-0.2, -0.15) is 0 Å². The van der Waals surface area contributed by atoms with Crippen LogP contribution in [0.2, 0.25) is 0 Å². The number of hydrazine groups is 1. The summed E-state index contributed by atoms with van der Waals surface area (Å²) < 4.78 is 5.15. The first-order valence-electron chi connectivity index (χ1n) is 4.80. The molecule has 0 bridgehead atoms. The number of hydrogen-bond donors (Lipinski definition) is 3. The van der Waals surface area contributed by atoms with Crippen molar-refractivity contribution in [1.82, 2.24) is 5.43 Å². The monoisotopic (exact) mass is 207 g/mol. The van der Waals surface area contributed by atoms with Crippen molar-refractivity contribution < 1.29 is 4.74 Å². The Morgan fingerprint density at radius 3 is 2.80 bits per heavy atom. The van der Waals surface area contributed by atoms with Gasteiger partial charge in [0.25, 0.3) is 0 Å². The molecule has 0 unspecified atom stereocenters. The Morgan fingerprint density at radius 1 is 1.53 bits per heavy atom. The van der Waals surface area contributed by atoms with E-state index < -0.39 is 0 Å². The molecule has 0 heterocycles. The van der Waals surface area contributed by atoms with Gasteiger partial charge in [0.15, 0.2) is 0 Å². The highest BCUT2D eigenvalue weighted by Gasteiger charge is 2.02. The number of rotatable bonds is 5. The maximum atomic E-state index is 5.23. The van der Waals surface area contributed by atoms with E-state index in [9.17, 15) is 0 Å². The summed E-state index contributed by atoms with van der Waals surface area (Å²) in [6.45, 7) is 5.79. The van der Waals surface area contributed by atoms with E-state index in [1.165, 1.54) is 0 Å². The molecule has 82 valence electrons. The highest BCUT2D eigenvalue weighted by atomic mass is 16.5. The zero-order valence-corrected chi connectivity index (χ0v) is 9.13. The summed E-state index contributed by atoms with van der Waals surface area (Å²) in [4.78, 5) is 0. The molecule has 0 amide bonds. The summed E-state index contributed by atoms with van der Waals surface area (Å²) in [5, 5.41) is 3.08. The summed E-state index contributed by atoms with van der Waals surface area (Å²) in [7, 11) is 1.66. The van der Waals surface area contributed by atoms with Gasteiger partial charge in [0.2, 0.25) is 0 Å². The van der Waals surface area contributed by atoms with Crippen molar-refractivity contribution in [1.29, 1.82) is 0 Å². The van der Waals surface area contributed by atoms with Gasteiger partial charge in [-0.3, -0.25) is 0 Å². The number of anilines is 1. The Labute approximate surface area is 90.1 Å². The molecular formula is C11H17N3O. The first-order chi connectivity index (χ1) is 7.21. The number of nitrogens with one attached hydrogen (secondary N) is 2. The molecule has 0 fully saturated rings. The van der Waals surface area contributed by atoms with Crippen LogP contribution in [0.4, 0.5) is 5.69 Å². The van der Waals surface area contributed by atoms with Crippen LogP contribution in [0.15, 0.2) is 30.6 Å². The van der Waals surface area contributed by atoms with E-state index in [4.69, 9.17) is 10.6 Å². The summed E-state index contributed by atoms with van der Waals surface area (Å²) in [6.07, 6.45) is 0.914. The average molecular weight is 207 g/mol. The Kier molecular flexibility index (Phi) is 4.00. The number of methoxy groups -OCH3 is 1. The molecule has 0 radical (unpaired) electrons. The second-order valence-electron chi connectivity index (χ2n) is 3.12. The highest BCUT2D eigenvalue weighted by molar-refractivity contribution is 5.56. The van der Waals surface area contributed by atoms with Crippen molar-refractivity contribution in [2.75, 3.05) is 12.4 Å². The highest BCUT2D eigenvalue weighted by Crippen LogP contribution is 2.22. The fourth-order valence-electron chi connectivity index (χ4n) is 1.31. The normalized spacial score (nSPS) is 9.53. The van der Waals surface area contributed by atoms with Crippen LogP contribution in [0.1, 0.15) is 12.5 Å². The van der Waals surface area contributed by atoms with E-state index in [0.29, 0.717) is 5.82 Å². The lowest BCUT2D eigenvalue weighted by molar-refractivity contribution is 0.414. The fourth-order valence-corrected chi connectivity index (χ4v) is 1.31. The second-order valence-corrected chi connectivity index (χ2v) is 3.12. The van der Waals surface area contributed by atoms with E-state index in [1.54, 1.807) is 7.11 Å². The molecule has 0 saturated carbocycles. The number of hydrogen-bond acceptors (Lipinski definition) is 4. The third-order valence-corrected chi connectivity index (χ3v) is 2.15. The average Bonchev–Trinajstić information content (AvgIpc) is 2.29. The Morgan fingerprint density at radius 2 is 2.27 bits per heavy atom. The largest absolute Gasteiger partial charge is 0.497 e. The first-order valence-corrected chi connectivity index (χ1v) is 4.80. The quantitative estimate of drug-likeness (QED) is 0.507. The van der Waals surface area contributed by atoms with Crippen LogP contribution < -0.4 is 21.3 Å². The molecule has 0 aliphatic carbocycles. The number of aryl methyl sites for hydroxylation is 1. The molecular weight excluding hydrogens is 190 g/mol. The number of ether oxygens (including phenoxy) is 1. The molecule has 0 aromatic heterocycles. The van der Waals surface area contributed by atoms with Crippen LogP contribution in [0.5, 0.6) is 5.75 Å². The standard InChI is InChI=1S/C11H17N3O/c1-4-9-7-10(15-3)5-6-11(9)13-8(2)14-12/h5-7,13-14H,2,4,12H2,1,3H3. The summed E-state index contributed by atoms with van der Waals surface area (Å²) >= 11 is 0. The maximum absolute atomic E-state index is 5.23. The Hall–Kier alpha value is -1.68. The minimum absolute atomic E-state index is 0.565. The lowest BCUT2D eigenvalue weighted by atomic mass is 10.1. The van der Waals surface area contributed by atoms with Crippen molar-refractivity contribution in [3.05, 3.63) is 36.2 Å². The maximum Gasteiger partial charge on any atom is 0.119 e. The third-order valence-electron chi connectivity index (χ3n) is 2.15. The van der Waals surface area contributed by atoms with Crippen LogP contribution in [0.25, 0.3) is 0 Å². The van der Waals surface area contributed by atoms with Crippen molar-refractivity contribution in [3.63, 3.8) is 0 Å². The van der Waals surface area contributed by atoms with Gasteiger partial charge in [0.05, 0.1) is 7.11 Å². The van der Waals surface area contributed by atoms with Gasteiger partial charge < -0.3 is 15.5 Å². The smallest absolute Gasteiger partial charge is 0.119 e. The van der Waals surface area contributed by atoms with Gasteiger partial charge in [0.1, 0.15) is 11.6 Å². The topological polar surface area (TPSA) is 59.3 Å². The molecule has 1 aromatic rings. The van der Waals surface area contributed by atoms with Gasteiger partial charge >= 0.3 is 0 Å². The zero-order valence-electron chi connectivity index (χ0n) is 9.13. The zero-order chi connectivity index (χ0) is 11.3. The lowest BCUT2D eigenvalue weighted by Crippen LogP contribution is -2.25. The van der Waals surface area contributed by atoms with Crippen LogP contribution >= 0.6 is 0 Å². The predicted octanol–water partition coefficient (Wildman–Crippen LogP) is 1.60. The molecule has 4 heteroatoms. The predicted molar refractivity (Wildman–Crippen MR) is 62.5 cm³/mol. The van der Waals surface area contributed by atoms with Crippen LogP contribution in [0.3, 0.4) is 0 Å². The van der Waals surface area contributed by atoms with E-state index >= 15 is 0 Å². The number of benzene rings is 1. The van der Waals surface area contributed by atoms with Crippen molar-refractivity contribution in [2.45, 2.75) is 13.3 Å². The van der Waals surface area contributed by atoms with Crippen molar-refractivity contribution in [2.24, 2.45) is 5.84 Å². The van der Waals surface area contributed by atoms with Gasteiger partial charge in [-0.05, 0) is 30.2 Å². The van der Waals surface area contributed by atoms with E-state index in [0.717, 1.165) is 23.4 Å². The van der Waals surface area contributed by atoms with Crippen LogP contribution in [-0.4, -0.2) is 7.11 Å². The molecule has 0 aliphatic rings. The van der Waals surface area contributed by atoms with Crippen molar-refractivity contribution in [3.8, 4) is 5.75 Å². The minimum atomic E-state index is 0.565. The van der Waals surface area contributed by atoms with Crippen molar-refractivity contribution >= 4 is 5.69 Å². The fraction of sp³-hybridized carbons (Fsp3) is 0.273. The lowest BCUT2D eigenvalue weighted by Gasteiger charge is -2.13. The van der Waals surface area contributed by atoms with Crippen LogP contribution in [0, 0.1) is 0 Å².